The Morgan fingerprint density at radius 1 is 0.962 bits per heavy atom. The van der Waals surface area contributed by atoms with Gasteiger partial charge < -0.3 is 19.5 Å². The van der Waals surface area contributed by atoms with Crippen LogP contribution in [0.2, 0.25) is 0 Å². The van der Waals surface area contributed by atoms with Crippen molar-refractivity contribution in [1.29, 1.82) is 0 Å². The summed E-state index contributed by atoms with van der Waals surface area (Å²) in [7, 11) is 1.24. The molecule has 9 heteroatoms. The fraction of sp³-hybridized carbons (Fsp3) is 0.235. The van der Waals surface area contributed by atoms with Crippen LogP contribution in [0.5, 0.6) is 17.2 Å². The SMILES string of the molecule is COc1cc(C(=O)Nc2cccc(OC(F)F)c2C)ccc1OC(F)F. The van der Waals surface area contributed by atoms with Gasteiger partial charge in [0, 0.05) is 16.8 Å². The Bertz CT molecular complexity index is 783. The molecule has 0 aliphatic rings. The Kier molecular flexibility index (Phi) is 6.26. The van der Waals surface area contributed by atoms with Crippen molar-refractivity contribution in [1.82, 2.24) is 0 Å². The van der Waals surface area contributed by atoms with Crippen molar-refractivity contribution < 1.29 is 36.6 Å². The summed E-state index contributed by atoms with van der Waals surface area (Å²) in [6.07, 6.45) is 0. The monoisotopic (exact) mass is 373 g/mol. The molecule has 0 aromatic heterocycles. The molecule has 140 valence electrons. The van der Waals surface area contributed by atoms with Crippen LogP contribution in [-0.4, -0.2) is 26.2 Å². The Morgan fingerprint density at radius 2 is 1.62 bits per heavy atom. The largest absolute Gasteiger partial charge is 0.493 e. The fourth-order valence-electron chi connectivity index (χ4n) is 2.17. The van der Waals surface area contributed by atoms with Gasteiger partial charge in [-0.25, -0.2) is 0 Å². The molecule has 0 fully saturated rings. The summed E-state index contributed by atoms with van der Waals surface area (Å²) in [5, 5.41) is 2.54. The smallest absolute Gasteiger partial charge is 0.387 e. The summed E-state index contributed by atoms with van der Waals surface area (Å²) in [5.41, 5.74) is 0.675. The number of alkyl halides is 4. The maximum atomic E-state index is 12.4. The van der Waals surface area contributed by atoms with Crippen LogP contribution in [0.4, 0.5) is 23.2 Å². The second kappa shape index (κ2) is 8.41. The predicted octanol–water partition coefficient (Wildman–Crippen LogP) is 4.46. The highest BCUT2D eigenvalue weighted by atomic mass is 19.3. The van der Waals surface area contributed by atoms with E-state index < -0.39 is 19.1 Å². The minimum absolute atomic E-state index is 0.0514. The molecule has 0 unspecified atom stereocenters. The van der Waals surface area contributed by atoms with Gasteiger partial charge in [-0.3, -0.25) is 4.79 Å². The fourth-order valence-corrected chi connectivity index (χ4v) is 2.17. The van der Waals surface area contributed by atoms with E-state index in [0.717, 1.165) is 0 Å². The third-order valence-electron chi connectivity index (χ3n) is 3.39. The van der Waals surface area contributed by atoms with Crippen LogP contribution in [0.25, 0.3) is 0 Å². The van der Waals surface area contributed by atoms with Gasteiger partial charge in [0.05, 0.1) is 7.11 Å². The van der Waals surface area contributed by atoms with E-state index in [-0.39, 0.29) is 28.5 Å². The number of halogens is 4. The first-order valence-corrected chi connectivity index (χ1v) is 7.30. The normalized spacial score (nSPS) is 10.8. The molecule has 2 aromatic carbocycles. The van der Waals surface area contributed by atoms with Gasteiger partial charge in [0.1, 0.15) is 5.75 Å². The molecule has 0 spiro atoms. The van der Waals surface area contributed by atoms with Gasteiger partial charge in [-0.15, -0.1) is 0 Å². The molecule has 5 nitrogen and oxygen atoms in total. The summed E-state index contributed by atoms with van der Waals surface area (Å²) in [4.78, 5) is 12.4. The van der Waals surface area contributed by atoms with Crippen LogP contribution in [0.1, 0.15) is 15.9 Å². The van der Waals surface area contributed by atoms with Crippen molar-refractivity contribution in [3.63, 3.8) is 0 Å². The van der Waals surface area contributed by atoms with Gasteiger partial charge in [0.2, 0.25) is 0 Å². The van der Waals surface area contributed by atoms with Crippen LogP contribution < -0.4 is 19.5 Å². The maximum absolute atomic E-state index is 12.4. The van der Waals surface area contributed by atoms with E-state index in [9.17, 15) is 22.4 Å². The van der Waals surface area contributed by atoms with Crippen molar-refractivity contribution in [3.05, 3.63) is 47.5 Å². The topological polar surface area (TPSA) is 56.8 Å². The number of hydrogen-bond donors (Lipinski definition) is 1. The lowest BCUT2D eigenvalue weighted by molar-refractivity contribution is -0.0515. The van der Waals surface area contributed by atoms with Crippen molar-refractivity contribution in [3.8, 4) is 17.2 Å². The molecule has 0 bridgehead atoms. The Morgan fingerprint density at radius 3 is 2.23 bits per heavy atom. The van der Waals surface area contributed by atoms with E-state index >= 15 is 0 Å². The lowest BCUT2D eigenvalue weighted by atomic mass is 10.1. The molecule has 2 aromatic rings. The standard InChI is InChI=1S/C17H15F4NO4/c1-9-11(4-3-5-12(9)25-16(18)19)22-15(23)10-6-7-13(26-17(20)21)14(8-10)24-2/h3-8,16-17H,1-2H3,(H,22,23). The lowest BCUT2D eigenvalue weighted by Crippen LogP contribution is -2.14. The van der Waals surface area contributed by atoms with E-state index in [2.05, 4.69) is 14.8 Å². The molecule has 2 rings (SSSR count). The number of hydrogen-bond acceptors (Lipinski definition) is 4. The van der Waals surface area contributed by atoms with Gasteiger partial charge in [-0.2, -0.15) is 17.6 Å². The summed E-state index contributed by atoms with van der Waals surface area (Å²) in [6.45, 7) is -4.52. The number of nitrogens with one attached hydrogen (secondary N) is 1. The van der Waals surface area contributed by atoms with Crippen molar-refractivity contribution in [2.24, 2.45) is 0 Å². The molecule has 0 saturated heterocycles. The number of amides is 1. The molecular weight excluding hydrogens is 358 g/mol. The molecule has 0 aliphatic carbocycles. The van der Waals surface area contributed by atoms with Crippen LogP contribution in [0.3, 0.4) is 0 Å². The summed E-state index contributed by atoms with van der Waals surface area (Å²) < 4.78 is 63.0. The zero-order valence-electron chi connectivity index (χ0n) is 13.8. The Hall–Kier alpha value is -2.97. The van der Waals surface area contributed by atoms with E-state index in [1.807, 2.05) is 0 Å². The number of carbonyl (C=O) groups excluding carboxylic acids is 1. The van der Waals surface area contributed by atoms with Crippen LogP contribution in [0, 0.1) is 6.92 Å². The number of ether oxygens (including phenoxy) is 3. The summed E-state index contributed by atoms with van der Waals surface area (Å²) in [5.74, 6) is -0.938. The minimum atomic E-state index is -3.04. The average Bonchev–Trinajstić information content (AvgIpc) is 2.57. The third-order valence-corrected chi connectivity index (χ3v) is 3.39. The highest BCUT2D eigenvalue weighted by molar-refractivity contribution is 6.05. The number of rotatable bonds is 7. The second-order valence-electron chi connectivity index (χ2n) is 5.01. The highest BCUT2D eigenvalue weighted by Crippen LogP contribution is 2.31. The molecule has 0 atom stereocenters. The third kappa shape index (κ3) is 4.78. The predicted molar refractivity (Wildman–Crippen MR) is 85.4 cm³/mol. The van der Waals surface area contributed by atoms with Crippen LogP contribution >= 0.6 is 0 Å². The molecular formula is C17H15F4NO4. The molecule has 0 radical (unpaired) electrons. The van der Waals surface area contributed by atoms with Gasteiger partial charge in [-0.1, -0.05) is 6.07 Å². The van der Waals surface area contributed by atoms with E-state index in [0.29, 0.717) is 5.56 Å². The molecule has 0 saturated carbocycles. The van der Waals surface area contributed by atoms with Gasteiger partial charge in [0.25, 0.3) is 5.91 Å². The lowest BCUT2D eigenvalue weighted by Gasteiger charge is -2.14. The van der Waals surface area contributed by atoms with Gasteiger partial charge >= 0.3 is 13.2 Å². The second-order valence-corrected chi connectivity index (χ2v) is 5.01. The zero-order valence-corrected chi connectivity index (χ0v) is 13.8. The molecule has 26 heavy (non-hydrogen) atoms. The summed E-state index contributed by atoms with van der Waals surface area (Å²) in [6, 6.07) is 7.96. The van der Waals surface area contributed by atoms with E-state index in [1.54, 1.807) is 0 Å². The van der Waals surface area contributed by atoms with Gasteiger partial charge in [-0.05, 0) is 37.3 Å². The Labute approximate surface area is 146 Å². The summed E-state index contributed by atoms with van der Waals surface area (Å²) >= 11 is 0. The minimum Gasteiger partial charge on any atom is -0.493 e. The number of anilines is 1. The van der Waals surface area contributed by atoms with Gasteiger partial charge in [0.15, 0.2) is 11.5 Å². The number of carbonyl (C=O) groups is 1. The van der Waals surface area contributed by atoms with Crippen LogP contribution in [-0.2, 0) is 0 Å². The van der Waals surface area contributed by atoms with Crippen molar-refractivity contribution in [2.45, 2.75) is 20.1 Å². The van der Waals surface area contributed by atoms with Crippen molar-refractivity contribution >= 4 is 11.6 Å². The zero-order chi connectivity index (χ0) is 19.3. The van der Waals surface area contributed by atoms with Crippen molar-refractivity contribution in [2.75, 3.05) is 12.4 Å². The number of methoxy groups -OCH3 is 1. The van der Waals surface area contributed by atoms with Crippen LogP contribution in [0.15, 0.2) is 36.4 Å². The van der Waals surface area contributed by atoms with E-state index in [4.69, 9.17) is 4.74 Å². The molecule has 0 aliphatic heterocycles. The maximum Gasteiger partial charge on any atom is 0.387 e. The first kappa shape index (κ1) is 19.4. The quantitative estimate of drug-likeness (QED) is 0.728. The Balaban J connectivity index is 2.22. The highest BCUT2D eigenvalue weighted by Gasteiger charge is 2.16. The molecule has 0 heterocycles. The first-order chi connectivity index (χ1) is 12.3. The van der Waals surface area contributed by atoms with E-state index in [1.165, 1.54) is 50.4 Å². The first-order valence-electron chi connectivity index (χ1n) is 7.30. The number of benzene rings is 2. The average molecular weight is 373 g/mol. The molecule has 1 amide bonds. The molecule has 1 N–H and O–H groups in total.